The van der Waals surface area contributed by atoms with Crippen LogP contribution in [0.15, 0.2) is 65.1 Å². The molecular weight excluding hydrogens is 436 g/mol. The van der Waals surface area contributed by atoms with Gasteiger partial charge < -0.3 is 9.32 Å². The van der Waals surface area contributed by atoms with Gasteiger partial charge in [-0.25, -0.2) is 0 Å². The maximum absolute atomic E-state index is 13.1. The van der Waals surface area contributed by atoms with Crippen LogP contribution in [0, 0.1) is 0 Å². The summed E-state index contributed by atoms with van der Waals surface area (Å²) >= 11 is 0. The summed E-state index contributed by atoms with van der Waals surface area (Å²) in [6, 6.07) is 18.3. The number of benzene rings is 2. The molecule has 6 heteroatoms. The fourth-order valence-corrected chi connectivity index (χ4v) is 4.67. The van der Waals surface area contributed by atoms with Crippen LogP contribution in [-0.2, 0) is 19.5 Å². The van der Waals surface area contributed by atoms with E-state index in [2.05, 4.69) is 11.0 Å². The molecule has 0 N–H and O–H groups in total. The number of fused-ring (bicyclic) bond motifs is 1. The van der Waals surface area contributed by atoms with Gasteiger partial charge in [-0.15, -0.1) is 12.4 Å². The fourth-order valence-electron chi connectivity index (χ4n) is 4.67. The summed E-state index contributed by atoms with van der Waals surface area (Å²) in [4.78, 5) is 30.0. The fraction of sp³-hybridized carbons (Fsp3) is 0.333. The molecule has 2 aliphatic rings. The zero-order chi connectivity index (χ0) is 21.9. The van der Waals surface area contributed by atoms with Crippen molar-refractivity contribution in [2.75, 3.05) is 19.6 Å². The second-order valence-corrected chi connectivity index (χ2v) is 8.75. The second-order valence-electron chi connectivity index (χ2n) is 8.75. The van der Waals surface area contributed by atoms with E-state index >= 15 is 0 Å². The third kappa shape index (κ3) is 5.21. The van der Waals surface area contributed by atoms with E-state index < -0.39 is 0 Å². The Bertz CT molecular complexity index is 1100. The molecule has 5 rings (SSSR count). The Morgan fingerprint density at radius 3 is 2.21 bits per heavy atom. The molecule has 0 aliphatic carbocycles. The highest BCUT2D eigenvalue weighted by Gasteiger charge is 2.26. The number of amides is 1. The molecule has 0 bridgehead atoms. The molecule has 0 atom stereocenters. The van der Waals surface area contributed by atoms with E-state index in [0.717, 1.165) is 37.6 Å². The molecule has 0 unspecified atom stereocenters. The predicted octanol–water partition coefficient (Wildman–Crippen LogP) is 5.12. The van der Waals surface area contributed by atoms with Crippen LogP contribution in [0.3, 0.4) is 0 Å². The summed E-state index contributed by atoms with van der Waals surface area (Å²) in [5.41, 5.74) is 3.05. The number of piperidine rings is 1. The molecule has 0 radical (unpaired) electrons. The Hall–Kier alpha value is -2.89. The first kappa shape index (κ1) is 23.3. The normalized spacial score (nSPS) is 16.1. The van der Waals surface area contributed by atoms with Crippen molar-refractivity contribution >= 4 is 24.1 Å². The van der Waals surface area contributed by atoms with Crippen molar-refractivity contribution < 1.29 is 14.0 Å². The highest BCUT2D eigenvalue weighted by molar-refractivity contribution is 6.09. The number of hydrogen-bond donors (Lipinski definition) is 0. The van der Waals surface area contributed by atoms with Crippen molar-refractivity contribution in [2.45, 2.75) is 38.8 Å². The molecule has 1 amide bonds. The van der Waals surface area contributed by atoms with Gasteiger partial charge in [-0.3, -0.25) is 14.5 Å². The largest absolute Gasteiger partial charge is 0.463 e. The van der Waals surface area contributed by atoms with E-state index in [9.17, 15) is 9.59 Å². The molecule has 3 aromatic rings. The van der Waals surface area contributed by atoms with Gasteiger partial charge in [0.25, 0.3) is 5.91 Å². The minimum Gasteiger partial charge on any atom is -0.463 e. The minimum atomic E-state index is -0.0379. The van der Waals surface area contributed by atoms with Crippen molar-refractivity contribution in [1.82, 2.24) is 9.80 Å². The standard InChI is InChI=1S/C27H28N2O3.ClH/c30-26(20-7-3-1-4-8-20)21-9-11-22(12-10-21)27(31)29-16-13-23-17-24(32-25(23)19-29)18-28-14-5-2-6-15-28;/h1,3-4,7-12,17H,2,5-6,13-16,18-19H2;1H. The molecule has 2 aliphatic heterocycles. The average molecular weight is 465 g/mol. The summed E-state index contributed by atoms with van der Waals surface area (Å²) < 4.78 is 6.14. The number of nitrogens with zero attached hydrogens (tertiary/aromatic N) is 2. The molecule has 5 nitrogen and oxygen atoms in total. The lowest BCUT2D eigenvalue weighted by Gasteiger charge is -2.26. The molecule has 3 heterocycles. The maximum atomic E-state index is 13.1. The van der Waals surface area contributed by atoms with Gasteiger partial charge in [0.2, 0.25) is 0 Å². The van der Waals surface area contributed by atoms with Gasteiger partial charge >= 0.3 is 0 Å². The molecule has 2 aromatic carbocycles. The SMILES string of the molecule is Cl.O=C(c1ccccc1)c1ccc(C(=O)N2CCc3cc(CN4CCCCC4)oc3C2)cc1. The van der Waals surface area contributed by atoms with Crippen LogP contribution in [0.4, 0.5) is 0 Å². The van der Waals surface area contributed by atoms with Crippen LogP contribution in [0.1, 0.15) is 62.6 Å². The minimum absolute atomic E-state index is 0. The maximum Gasteiger partial charge on any atom is 0.254 e. The Morgan fingerprint density at radius 1 is 0.818 bits per heavy atom. The molecule has 0 spiro atoms. The number of halogens is 1. The van der Waals surface area contributed by atoms with E-state index in [1.54, 1.807) is 36.4 Å². The zero-order valence-corrected chi connectivity index (χ0v) is 19.5. The Balaban J connectivity index is 0.00000259. The van der Waals surface area contributed by atoms with E-state index in [4.69, 9.17) is 4.42 Å². The third-order valence-corrected chi connectivity index (χ3v) is 6.48. The number of hydrogen-bond acceptors (Lipinski definition) is 4. The number of rotatable bonds is 5. The van der Waals surface area contributed by atoms with E-state index in [0.29, 0.717) is 29.8 Å². The highest BCUT2D eigenvalue weighted by Crippen LogP contribution is 2.26. The summed E-state index contributed by atoms with van der Waals surface area (Å²) in [7, 11) is 0. The average Bonchev–Trinajstić information content (AvgIpc) is 3.26. The molecule has 1 saturated heterocycles. The first-order valence-corrected chi connectivity index (χ1v) is 11.5. The molecule has 1 aromatic heterocycles. The molecule has 172 valence electrons. The first-order chi connectivity index (χ1) is 15.7. The summed E-state index contributed by atoms with van der Waals surface area (Å²) in [5, 5.41) is 0. The zero-order valence-electron chi connectivity index (χ0n) is 18.7. The van der Waals surface area contributed by atoms with Gasteiger partial charge in [-0.05, 0) is 56.1 Å². The van der Waals surface area contributed by atoms with Crippen LogP contribution >= 0.6 is 12.4 Å². The highest BCUT2D eigenvalue weighted by atomic mass is 35.5. The lowest BCUT2D eigenvalue weighted by atomic mass is 10.0. The Kier molecular flexibility index (Phi) is 7.31. The third-order valence-electron chi connectivity index (χ3n) is 6.48. The van der Waals surface area contributed by atoms with Crippen LogP contribution in [-0.4, -0.2) is 41.1 Å². The number of carbonyl (C=O) groups is 2. The van der Waals surface area contributed by atoms with Crippen molar-refractivity contribution in [3.05, 3.63) is 94.4 Å². The van der Waals surface area contributed by atoms with E-state index in [1.165, 1.54) is 24.8 Å². The van der Waals surface area contributed by atoms with Crippen LogP contribution in [0.5, 0.6) is 0 Å². The lowest BCUT2D eigenvalue weighted by molar-refractivity contribution is 0.0718. The van der Waals surface area contributed by atoms with Crippen LogP contribution in [0.2, 0.25) is 0 Å². The second kappa shape index (κ2) is 10.4. The van der Waals surface area contributed by atoms with Crippen molar-refractivity contribution in [3.63, 3.8) is 0 Å². The number of ketones is 1. The Morgan fingerprint density at radius 2 is 1.48 bits per heavy atom. The Labute approximate surface area is 200 Å². The van der Waals surface area contributed by atoms with Crippen molar-refractivity contribution in [2.24, 2.45) is 0 Å². The van der Waals surface area contributed by atoms with Gasteiger partial charge in [0, 0.05) is 23.2 Å². The number of likely N-dealkylation sites (tertiary alicyclic amines) is 1. The monoisotopic (exact) mass is 464 g/mol. The van der Waals surface area contributed by atoms with Gasteiger partial charge in [0.15, 0.2) is 5.78 Å². The van der Waals surface area contributed by atoms with E-state index in [1.807, 2.05) is 23.1 Å². The molecule has 0 saturated carbocycles. The van der Waals surface area contributed by atoms with Crippen molar-refractivity contribution in [1.29, 1.82) is 0 Å². The molecule has 1 fully saturated rings. The molecular formula is C27H29ClN2O3. The van der Waals surface area contributed by atoms with Crippen LogP contribution in [0.25, 0.3) is 0 Å². The lowest BCUT2D eigenvalue weighted by Crippen LogP contribution is -2.35. The van der Waals surface area contributed by atoms with Gasteiger partial charge in [0.05, 0.1) is 13.1 Å². The number of furan rings is 1. The van der Waals surface area contributed by atoms with Crippen molar-refractivity contribution in [3.8, 4) is 0 Å². The van der Waals surface area contributed by atoms with Crippen LogP contribution < -0.4 is 0 Å². The molecule has 33 heavy (non-hydrogen) atoms. The first-order valence-electron chi connectivity index (χ1n) is 11.5. The predicted molar refractivity (Wildman–Crippen MR) is 130 cm³/mol. The van der Waals surface area contributed by atoms with E-state index in [-0.39, 0.29) is 24.1 Å². The van der Waals surface area contributed by atoms with Gasteiger partial charge in [-0.1, -0.05) is 48.9 Å². The summed E-state index contributed by atoms with van der Waals surface area (Å²) in [6.07, 6.45) is 4.66. The number of carbonyl (C=O) groups excluding carboxylic acids is 2. The summed E-state index contributed by atoms with van der Waals surface area (Å²) in [6.45, 7) is 4.31. The van der Waals surface area contributed by atoms with Gasteiger partial charge in [0.1, 0.15) is 11.5 Å². The topological polar surface area (TPSA) is 53.8 Å². The summed E-state index contributed by atoms with van der Waals surface area (Å²) in [5.74, 6) is 1.86. The smallest absolute Gasteiger partial charge is 0.254 e. The van der Waals surface area contributed by atoms with Gasteiger partial charge in [-0.2, -0.15) is 0 Å². The quantitative estimate of drug-likeness (QED) is 0.492.